The Morgan fingerprint density at radius 3 is 1.38 bits per heavy atom. The molecule has 1 unspecified atom stereocenters. The number of hydrogen-bond acceptors (Lipinski definition) is 7. The number of rotatable bonds is 11. The van der Waals surface area contributed by atoms with Crippen molar-refractivity contribution in [3.8, 4) is 0 Å². The Bertz CT molecular complexity index is 1280. The van der Waals surface area contributed by atoms with Crippen molar-refractivity contribution in [2.45, 2.75) is 156 Å². The first-order valence-electron chi connectivity index (χ1n) is 19.6. The third-order valence-corrected chi connectivity index (χ3v) is 9.92. The summed E-state index contributed by atoms with van der Waals surface area (Å²) in [5.41, 5.74) is 0. The quantitative estimate of drug-likeness (QED) is 0.215. The lowest BCUT2D eigenvalue weighted by molar-refractivity contribution is -0.143. The summed E-state index contributed by atoms with van der Waals surface area (Å²) in [6.07, 6.45) is 3.90. The normalized spacial score (nSPS) is 27.3. The largest absolute Gasteiger partial charge is 0.343 e. The van der Waals surface area contributed by atoms with Crippen LogP contribution >= 0.6 is 0 Å². The van der Waals surface area contributed by atoms with E-state index >= 15 is 0 Å². The van der Waals surface area contributed by atoms with Crippen LogP contribution in [0.5, 0.6) is 0 Å². The fraction of sp³-hybridized carbons (Fsp3) is 0.816. The number of carbonyl (C=O) groups is 7. The summed E-state index contributed by atoms with van der Waals surface area (Å²) in [6, 6.07) is -6.03. The van der Waals surface area contributed by atoms with Crippen molar-refractivity contribution in [1.29, 1.82) is 0 Å². The zero-order valence-electron chi connectivity index (χ0n) is 32.7. The minimum Gasteiger partial charge on any atom is -0.343 e. The molecule has 0 bridgehead atoms. The Morgan fingerprint density at radius 2 is 0.923 bits per heavy atom. The summed E-state index contributed by atoms with van der Waals surface area (Å²) in [6.45, 7) is 17.0. The number of nitrogens with one attached hydrogen (secondary N) is 5. The molecule has 0 aromatic carbocycles. The average molecular weight is 732 g/mol. The van der Waals surface area contributed by atoms with Gasteiger partial charge in [-0.15, -0.1) is 0 Å². The van der Waals surface area contributed by atoms with Gasteiger partial charge in [-0.25, -0.2) is 0 Å². The molecule has 6 atom stereocenters. The minimum absolute atomic E-state index is 0.00415. The van der Waals surface area contributed by atoms with Gasteiger partial charge in [-0.1, -0.05) is 55.4 Å². The van der Waals surface area contributed by atoms with Crippen molar-refractivity contribution >= 4 is 41.4 Å². The second-order valence-electron chi connectivity index (χ2n) is 16.6. The molecule has 3 rings (SSSR count). The molecule has 3 fully saturated rings. The Labute approximate surface area is 310 Å². The van der Waals surface area contributed by atoms with Crippen LogP contribution in [-0.4, -0.2) is 107 Å². The minimum atomic E-state index is -1.18. The molecule has 3 heterocycles. The summed E-state index contributed by atoms with van der Waals surface area (Å²) in [5, 5.41) is 14.3. The van der Waals surface area contributed by atoms with Gasteiger partial charge in [-0.2, -0.15) is 0 Å². The third kappa shape index (κ3) is 12.8. The summed E-state index contributed by atoms with van der Waals surface area (Å²) in [5.74, 6) is -3.26. The van der Waals surface area contributed by atoms with E-state index < -0.39 is 65.8 Å². The molecule has 14 nitrogen and oxygen atoms in total. The molecule has 0 spiro atoms. The third-order valence-electron chi connectivity index (χ3n) is 9.92. The predicted octanol–water partition coefficient (Wildman–Crippen LogP) is 2.00. The number of hydrogen-bond donors (Lipinski definition) is 5. The summed E-state index contributed by atoms with van der Waals surface area (Å²) >= 11 is 0. The number of nitrogens with zero attached hydrogens (tertiary/aromatic N) is 2. The summed E-state index contributed by atoms with van der Waals surface area (Å²) in [7, 11) is 0. The zero-order chi connectivity index (χ0) is 38.7. The second-order valence-corrected chi connectivity index (χ2v) is 16.6. The molecule has 0 aliphatic carbocycles. The van der Waals surface area contributed by atoms with Gasteiger partial charge in [0.25, 0.3) is 0 Å². The maximum atomic E-state index is 14.1. The molecule has 294 valence electrons. The first-order valence-corrected chi connectivity index (χ1v) is 19.6. The van der Waals surface area contributed by atoms with Crippen molar-refractivity contribution in [2.75, 3.05) is 19.6 Å². The Balaban J connectivity index is 2.06. The lowest BCUT2D eigenvalue weighted by Crippen LogP contribution is -2.61. The van der Waals surface area contributed by atoms with Gasteiger partial charge in [0.15, 0.2) is 0 Å². The zero-order valence-corrected chi connectivity index (χ0v) is 32.7. The molecule has 0 saturated carbocycles. The van der Waals surface area contributed by atoms with E-state index in [2.05, 4.69) is 26.6 Å². The topological polar surface area (TPSA) is 186 Å². The molecule has 3 saturated heterocycles. The highest BCUT2D eigenvalue weighted by molar-refractivity contribution is 5.98. The van der Waals surface area contributed by atoms with E-state index in [0.29, 0.717) is 38.9 Å². The first kappa shape index (κ1) is 42.7. The molecular weight excluding hydrogens is 666 g/mol. The monoisotopic (exact) mass is 731 g/mol. The van der Waals surface area contributed by atoms with E-state index in [1.807, 2.05) is 55.4 Å². The molecule has 3 aliphatic rings. The highest BCUT2D eigenvalue weighted by atomic mass is 16.2. The molecule has 0 aromatic rings. The van der Waals surface area contributed by atoms with Crippen molar-refractivity contribution in [1.82, 2.24) is 36.4 Å². The van der Waals surface area contributed by atoms with Gasteiger partial charge < -0.3 is 36.4 Å². The molecule has 0 aromatic heterocycles. The van der Waals surface area contributed by atoms with Crippen LogP contribution in [0.2, 0.25) is 0 Å². The van der Waals surface area contributed by atoms with Gasteiger partial charge >= 0.3 is 0 Å². The molecule has 52 heavy (non-hydrogen) atoms. The van der Waals surface area contributed by atoms with E-state index in [9.17, 15) is 33.6 Å². The van der Waals surface area contributed by atoms with Crippen molar-refractivity contribution in [2.24, 2.45) is 23.7 Å². The van der Waals surface area contributed by atoms with Gasteiger partial charge in [-0.05, 0) is 81.5 Å². The van der Waals surface area contributed by atoms with Gasteiger partial charge in [0.2, 0.25) is 41.4 Å². The van der Waals surface area contributed by atoms with E-state index in [0.717, 1.165) is 12.8 Å². The second kappa shape index (κ2) is 19.9. The Morgan fingerprint density at radius 1 is 0.538 bits per heavy atom. The first-order chi connectivity index (χ1) is 24.5. The number of carbonyl (C=O) groups excluding carboxylic acids is 7. The highest BCUT2D eigenvalue weighted by Crippen LogP contribution is 2.22. The number of fused-ring (bicyclic) bond motifs is 1. The van der Waals surface area contributed by atoms with Crippen LogP contribution in [0.4, 0.5) is 0 Å². The number of amides is 7. The molecule has 7 amide bonds. The standard InChI is InChI=1S/C38H65N7O7/c1-22(2)18-27-35(49)41-28(19-23(3)4)36(50)43-30(21-25(7)8)38(52)45-17-11-12-31(45)37(51)42-29(20-24(5)6)34(48)39-26(33(47)40-27)13-14-32(46)44-15-9-10-16-44/h22-31H,9-21H2,1-8H3,(H,39,48)(H,40,47)(H,41,49)(H,42,51)(H,43,50)/t26?,27-,28+,29-,30+,31-/m1/s1. The maximum absolute atomic E-state index is 14.1. The molecule has 5 N–H and O–H groups in total. The Kier molecular flexibility index (Phi) is 16.4. The lowest BCUT2D eigenvalue weighted by atomic mass is 9.98. The smallest absolute Gasteiger partial charge is 0.245 e. The number of likely N-dealkylation sites (tertiary alicyclic amines) is 1. The SMILES string of the molecule is CC(C)C[C@@H]1NC(=O)[C@@H](CC(C)C)NC(=O)C(CCC(=O)N2CCCC2)NC(=O)[C@@H](CC(C)C)NC(=O)[C@H]2CCCN2C(=O)[C@H](CC(C)C)NC1=O. The fourth-order valence-corrected chi connectivity index (χ4v) is 7.32. The summed E-state index contributed by atoms with van der Waals surface area (Å²) in [4.78, 5) is 100. The van der Waals surface area contributed by atoms with Gasteiger partial charge in [0, 0.05) is 26.1 Å². The van der Waals surface area contributed by atoms with Crippen LogP contribution in [0.1, 0.15) is 120 Å². The van der Waals surface area contributed by atoms with Crippen LogP contribution in [0.3, 0.4) is 0 Å². The van der Waals surface area contributed by atoms with Crippen LogP contribution < -0.4 is 26.6 Å². The summed E-state index contributed by atoms with van der Waals surface area (Å²) < 4.78 is 0. The maximum Gasteiger partial charge on any atom is 0.245 e. The van der Waals surface area contributed by atoms with Crippen molar-refractivity contribution in [3.05, 3.63) is 0 Å². The molecule has 0 radical (unpaired) electrons. The van der Waals surface area contributed by atoms with Crippen molar-refractivity contribution < 1.29 is 33.6 Å². The van der Waals surface area contributed by atoms with E-state index in [4.69, 9.17) is 0 Å². The van der Waals surface area contributed by atoms with Crippen LogP contribution in [-0.2, 0) is 33.6 Å². The molecular formula is C38H65N7O7. The fourth-order valence-electron chi connectivity index (χ4n) is 7.32. The predicted molar refractivity (Wildman–Crippen MR) is 197 cm³/mol. The lowest BCUT2D eigenvalue weighted by Gasteiger charge is -2.32. The Hall–Kier alpha value is -3.71. The van der Waals surface area contributed by atoms with Gasteiger partial charge in [0.1, 0.15) is 36.3 Å². The highest BCUT2D eigenvalue weighted by Gasteiger charge is 2.41. The molecule has 14 heteroatoms. The van der Waals surface area contributed by atoms with Crippen molar-refractivity contribution in [3.63, 3.8) is 0 Å². The van der Waals surface area contributed by atoms with E-state index in [1.165, 1.54) is 4.90 Å². The van der Waals surface area contributed by atoms with Crippen LogP contribution in [0.15, 0.2) is 0 Å². The van der Waals surface area contributed by atoms with E-state index in [1.54, 1.807) is 4.90 Å². The van der Waals surface area contributed by atoms with Gasteiger partial charge in [-0.3, -0.25) is 33.6 Å². The van der Waals surface area contributed by atoms with Gasteiger partial charge in [0.05, 0.1) is 0 Å². The van der Waals surface area contributed by atoms with Crippen LogP contribution in [0.25, 0.3) is 0 Å². The van der Waals surface area contributed by atoms with E-state index in [-0.39, 0.29) is 67.6 Å². The average Bonchev–Trinajstić information content (AvgIpc) is 3.77. The molecule has 3 aliphatic heterocycles. The van der Waals surface area contributed by atoms with Crippen LogP contribution in [0, 0.1) is 23.7 Å².